The Labute approximate surface area is 150 Å². The van der Waals surface area contributed by atoms with E-state index in [4.69, 9.17) is 4.74 Å². The van der Waals surface area contributed by atoms with Gasteiger partial charge in [-0.15, -0.1) is 0 Å². The molecule has 0 aliphatic carbocycles. The minimum atomic E-state index is -0.329. The second-order valence-electron chi connectivity index (χ2n) is 8.10. The van der Waals surface area contributed by atoms with Gasteiger partial charge in [-0.25, -0.2) is 4.39 Å². The fourth-order valence-corrected chi connectivity index (χ4v) is 2.92. The first-order valence-electron chi connectivity index (χ1n) is 9.03. The molecule has 0 bridgehead atoms. The Morgan fingerprint density at radius 1 is 1.24 bits per heavy atom. The largest absolute Gasteiger partial charge is 0.494 e. The normalized spacial score (nSPS) is 17.4. The maximum absolute atomic E-state index is 13.8. The molecule has 0 radical (unpaired) electrons. The number of hydrogen-bond donors (Lipinski definition) is 0. The topological polar surface area (TPSA) is 32.8 Å². The molecular weight excluding hydrogens is 319 g/mol. The van der Waals surface area contributed by atoms with Crippen molar-refractivity contribution in [3.63, 3.8) is 0 Å². The van der Waals surface area contributed by atoms with Crippen molar-refractivity contribution in [1.82, 2.24) is 9.80 Å². The quantitative estimate of drug-likeness (QED) is 0.814. The number of piperazine rings is 1. The van der Waals surface area contributed by atoms with Crippen LogP contribution in [-0.4, -0.2) is 49.0 Å². The molecule has 1 fully saturated rings. The summed E-state index contributed by atoms with van der Waals surface area (Å²) in [5.41, 5.74) is 1.08. The highest BCUT2D eigenvalue weighted by atomic mass is 19.1. The van der Waals surface area contributed by atoms with Gasteiger partial charge in [-0.05, 0) is 29.0 Å². The van der Waals surface area contributed by atoms with E-state index in [1.165, 1.54) is 13.2 Å². The fourth-order valence-electron chi connectivity index (χ4n) is 2.92. The van der Waals surface area contributed by atoms with Crippen LogP contribution in [0.2, 0.25) is 0 Å². The Balaban J connectivity index is 1.83. The molecule has 0 N–H and O–H groups in total. The maximum atomic E-state index is 13.8. The van der Waals surface area contributed by atoms with Crippen molar-refractivity contribution in [2.45, 2.75) is 40.7 Å². The number of ether oxygens (including phenoxy) is 1. The Morgan fingerprint density at radius 3 is 2.40 bits per heavy atom. The lowest BCUT2D eigenvalue weighted by Crippen LogP contribution is -2.48. The van der Waals surface area contributed by atoms with Crippen LogP contribution < -0.4 is 4.74 Å². The third-order valence-corrected chi connectivity index (χ3v) is 5.31. The van der Waals surface area contributed by atoms with Crippen LogP contribution in [-0.2, 0) is 11.3 Å². The fraction of sp³-hybridized carbons (Fsp3) is 0.650. The summed E-state index contributed by atoms with van der Waals surface area (Å²) in [7, 11) is 1.47. The Morgan fingerprint density at radius 2 is 1.88 bits per heavy atom. The average molecular weight is 350 g/mol. The lowest BCUT2D eigenvalue weighted by Gasteiger charge is -2.36. The van der Waals surface area contributed by atoms with Crippen LogP contribution in [0.1, 0.15) is 39.7 Å². The number of rotatable bonds is 5. The molecule has 140 valence electrons. The number of nitrogens with zero attached hydrogens (tertiary/aromatic N) is 2. The van der Waals surface area contributed by atoms with Gasteiger partial charge >= 0.3 is 0 Å². The SMILES string of the molecule is COc1ccc(CN2CCN(C(=O)CC(C)C(C)(C)C)CC2)cc1F. The number of benzene rings is 1. The van der Waals surface area contributed by atoms with Gasteiger partial charge in [-0.1, -0.05) is 33.8 Å². The average Bonchev–Trinajstić information content (AvgIpc) is 2.54. The van der Waals surface area contributed by atoms with Crippen LogP contribution in [0.5, 0.6) is 5.75 Å². The van der Waals surface area contributed by atoms with Crippen LogP contribution in [0.15, 0.2) is 18.2 Å². The molecule has 5 heteroatoms. The van der Waals surface area contributed by atoms with E-state index in [9.17, 15) is 9.18 Å². The lowest BCUT2D eigenvalue weighted by atomic mass is 9.80. The summed E-state index contributed by atoms with van der Waals surface area (Å²) in [6.07, 6.45) is 0.604. The zero-order chi connectivity index (χ0) is 18.6. The molecule has 1 saturated heterocycles. The third kappa shape index (κ3) is 5.43. The van der Waals surface area contributed by atoms with E-state index >= 15 is 0 Å². The number of amides is 1. The summed E-state index contributed by atoms with van der Waals surface area (Å²) >= 11 is 0. The van der Waals surface area contributed by atoms with Crippen molar-refractivity contribution < 1.29 is 13.9 Å². The van der Waals surface area contributed by atoms with Crippen molar-refractivity contribution in [2.24, 2.45) is 11.3 Å². The van der Waals surface area contributed by atoms with Crippen LogP contribution >= 0.6 is 0 Å². The van der Waals surface area contributed by atoms with E-state index in [1.807, 2.05) is 11.0 Å². The molecule has 1 amide bonds. The predicted molar refractivity (Wildman–Crippen MR) is 98.0 cm³/mol. The maximum Gasteiger partial charge on any atom is 0.222 e. The summed E-state index contributed by atoms with van der Waals surface area (Å²) in [5, 5.41) is 0. The van der Waals surface area contributed by atoms with E-state index < -0.39 is 0 Å². The van der Waals surface area contributed by atoms with Crippen LogP contribution in [0.25, 0.3) is 0 Å². The zero-order valence-electron chi connectivity index (χ0n) is 16.1. The molecule has 0 spiro atoms. The van der Waals surface area contributed by atoms with Gasteiger partial charge in [-0.3, -0.25) is 9.69 Å². The smallest absolute Gasteiger partial charge is 0.222 e. The Kier molecular flexibility index (Phi) is 6.44. The highest BCUT2D eigenvalue weighted by Gasteiger charge is 2.27. The standard InChI is InChI=1S/C20H31FN2O2/c1-15(20(2,3)4)12-19(24)23-10-8-22(9-11-23)14-16-6-7-18(25-5)17(21)13-16/h6-7,13,15H,8-12,14H2,1-5H3. The highest BCUT2D eigenvalue weighted by molar-refractivity contribution is 5.76. The molecule has 4 nitrogen and oxygen atoms in total. The molecule has 25 heavy (non-hydrogen) atoms. The minimum Gasteiger partial charge on any atom is -0.494 e. The van der Waals surface area contributed by atoms with Gasteiger partial charge in [-0.2, -0.15) is 0 Å². The van der Waals surface area contributed by atoms with E-state index in [-0.39, 0.29) is 22.9 Å². The minimum absolute atomic E-state index is 0.149. The van der Waals surface area contributed by atoms with Gasteiger partial charge in [0.25, 0.3) is 0 Å². The second-order valence-corrected chi connectivity index (χ2v) is 8.10. The number of carbonyl (C=O) groups excluding carboxylic acids is 1. The molecule has 1 heterocycles. The van der Waals surface area contributed by atoms with Gasteiger partial charge in [0.15, 0.2) is 11.6 Å². The van der Waals surface area contributed by atoms with Gasteiger partial charge in [0, 0.05) is 39.1 Å². The molecular formula is C20H31FN2O2. The van der Waals surface area contributed by atoms with E-state index in [0.29, 0.717) is 18.9 Å². The molecule has 2 rings (SSSR count). The number of carbonyl (C=O) groups is 1. The number of hydrogen-bond acceptors (Lipinski definition) is 3. The predicted octanol–water partition coefficient (Wildman–Crippen LogP) is 3.55. The second kappa shape index (κ2) is 8.17. The van der Waals surface area contributed by atoms with Gasteiger partial charge in [0.2, 0.25) is 5.91 Å². The summed E-state index contributed by atoms with van der Waals surface area (Å²) in [6.45, 7) is 12.5. The van der Waals surface area contributed by atoms with Crippen molar-refractivity contribution in [2.75, 3.05) is 33.3 Å². The Bertz CT molecular complexity index is 590. The van der Waals surface area contributed by atoms with Crippen molar-refractivity contribution >= 4 is 5.91 Å². The summed E-state index contributed by atoms with van der Waals surface area (Å²) in [5.74, 6) is 0.551. The van der Waals surface area contributed by atoms with E-state index in [1.54, 1.807) is 6.07 Å². The molecule has 0 saturated carbocycles. The van der Waals surface area contributed by atoms with Crippen LogP contribution in [0.3, 0.4) is 0 Å². The molecule has 1 aliphatic heterocycles. The zero-order valence-corrected chi connectivity index (χ0v) is 16.1. The first-order valence-corrected chi connectivity index (χ1v) is 9.03. The first kappa shape index (κ1) is 19.7. The first-order chi connectivity index (χ1) is 11.7. The monoisotopic (exact) mass is 350 g/mol. The molecule has 0 aromatic heterocycles. The van der Waals surface area contributed by atoms with Gasteiger partial charge in [0.1, 0.15) is 0 Å². The number of methoxy groups -OCH3 is 1. The van der Waals surface area contributed by atoms with Crippen LogP contribution in [0.4, 0.5) is 4.39 Å². The van der Waals surface area contributed by atoms with Crippen LogP contribution in [0, 0.1) is 17.2 Å². The third-order valence-electron chi connectivity index (χ3n) is 5.31. The van der Waals surface area contributed by atoms with Crippen molar-refractivity contribution in [3.8, 4) is 5.75 Å². The summed E-state index contributed by atoms with van der Waals surface area (Å²) in [4.78, 5) is 16.7. The molecule has 1 aliphatic rings. The van der Waals surface area contributed by atoms with Crippen molar-refractivity contribution in [3.05, 3.63) is 29.6 Å². The highest BCUT2D eigenvalue weighted by Crippen LogP contribution is 2.28. The molecule has 1 atom stereocenters. The van der Waals surface area contributed by atoms with Crippen molar-refractivity contribution in [1.29, 1.82) is 0 Å². The summed E-state index contributed by atoms with van der Waals surface area (Å²) in [6, 6.07) is 5.09. The number of halogens is 1. The molecule has 1 unspecified atom stereocenters. The van der Waals surface area contributed by atoms with E-state index in [0.717, 1.165) is 31.7 Å². The molecule has 1 aromatic carbocycles. The van der Waals surface area contributed by atoms with E-state index in [2.05, 4.69) is 32.6 Å². The lowest BCUT2D eigenvalue weighted by molar-refractivity contribution is -0.134. The molecule has 1 aromatic rings. The summed E-state index contributed by atoms with van der Waals surface area (Å²) < 4.78 is 18.7. The Hall–Kier alpha value is -1.62. The van der Waals surface area contributed by atoms with Gasteiger partial charge < -0.3 is 9.64 Å². The van der Waals surface area contributed by atoms with Gasteiger partial charge in [0.05, 0.1) is 7.11 Å².